The Morgan fingerprint density at radius 1 is 1.29 bits per heavy atom. The number of aliphatic carboxylic acids is 1. The molecule has 2 aromatic rings. The maximum atomic E-state index is 13.1. The Hall–Kier alpha value is -2.70. The zero-order valence-electron chi connectivity index (χ0n) is 13.0. The molecule has 0 atom stereocenters. The molecule has 0 saturated carbocycles. The average molecular weight is 340 g/mol. The fourth-order valence-corrected chi connectivity index (χ4v) is 2.24. The molecule has 1 aromatic heterocycles. The van der Waals surface area contributed by atoms with E-state index in [0.29, 0.717) is 0 Å². The molecule has 0 aliphatic carbocycles. The van der Waals surface area contributed by atoms with Gasteiger partial charge >= 0.3 is 12.1 Å². The van der Waals surface area contributed by atoms with E-state index in [-0.39, 0.29) is 34.8 Å². The van der Waals surface area contributed by atoms with Gasteiger partial charge in [-0.15, -0.1) is 0 Å². The summed E-state index contributed by atoms with van der Waals surface area (Å²) >= 11 is 0. The zero-order chi connectivity index (χ0) is 17.9. The standard InChI is InChI=1S/C17H15F3O4/c1-3-10(16(21)22)9-11-7-8-14(24-11)12-5-4-6-13(15(12)23-2)17(18,19)20/h4-9H,3H2,1-2H3,(H,21,22). The van der Waals surface area contributed by atoms with E-state index >= 15 is 0 Å². The van der Waals surface area contributed by atoms with Crippen LogP contribution in [0.5, 0.6) is 5.75 Å². The second-order valence-electron chi connectivity index (χ2n) is 4.91. The Labute approximate surface area is 136 Å². The van der Waals surface area contributed by atoms with E-state index in [9.17, 15) is 18.0 Å². The van der Waals surface area contributed by atoms with Crippen LogP contribution in [0.25, 0.3) is 17.4 Å². The highest BCUT2D eigenvalue weighted by Crippen LogP contribution is 2.42. The molecule has 0 spiro atoms. The normalized spacial score (nSPS) is 12.3. The first kappa shape index (κ1) is 17.7. The molecule has 24 heavy (non-hydrogen) atoms. The number of furan rings is 1. The molecule has 0 aliphatic rings. The second kappa shape index (κ2) is 6.82. The molecule has 0 aliphatic heterocycles. The van der Waals surface area contributed by atoms with Crippen molar-refractivity contribution in [1.29, 1.82) is 0 Å². The summed E-state index contributed by atoms with van der Waals surface area (Å²) in [5.41, 5.74) is -0.636. The highest BCUT2D eigenvalue weighted by Gasteiger charge is 2.35. The van der Waals surface area contributed by atoms with Crippen LogP contribution in [0.3, 0.4) is 0 Å². The van der Waals surface area contributed by atoms with Gasteiger partial charge in [-0.25, -0.2) is 4.79 Å². The number of alkyl halides is 3. The lowest BCUT2D eigenvalue weighted by Crippen LogP contribution is -2.08. The first-order valence-electron chi connectivity index (χ1n) is 7.06. The molecule has 7 heteroatoms. The highest BCUT2D eigenvalue weighted by atomic mass is 19.4. The maximum absolute atomic E-state index is 13.1. The van der Waals surface area contributed by atoms with Crippen LogP contribution in [-0.2, 0) is 11.0 Å². The summed E-state index contributed by atoms with van der Waals surface area (Å²) in [6.45, 7) is 1.68. The molecule has 0 saturated heterocycles. The van der Waals surface area contributed by atoms with Crippen LogP contribution in [0.15, 0.2) is 40.3 Å². The topological polar surface area (TPSA) is 59.7 Å². The lowest BCUT2D eigenvalue weighted by atomic mass is 10.1. The molecule has 0 bridgehead atoms. The molecule has 0 amide bonds. The predicted octanol–water partition coefficient (Wildman–Crippen LogP) is 4.85. The smallest absolute Gasteiger partial charge is 0.419 e. The van der Waals surface area contributed by atoms with Crippen LogP contribution in [0.1, 0.15) is 24.7 Å². The number of benzene rings is 1. The van der Waals surface area contributed by atoms with Crippen molar-refractivity contribution in [3.05, 3.63) is 47.2 Å². The zero-order valence-corrected chi connectivity index (χ0v) is 13.0. The van der Waals surface area contributed by atoms with Gasteiger partial charge in [-0.05, 0) is 36.8 Å². The van der Waals surface area contributed by atoms with Gasteiger partial charge in [-0.1, -0.05) is 13.0 Å². The number of para-hydroxylation sites is 1. The van der Waals surface area contributed by atoms with Crippen molar-refractivity contribution in [2.24, 2.45) is 0 Å². The van der Waals surface area contributed by atoms with Crippen molar-refractivity contribution in [2.45, 2.75) is 19.5 Å². The van der Waals surface area contributed by atoms with Gasteiger partial charge in [0.05, 0.1) is 18.2 Å². The number of hydrogen-bond acceptors (Lipinski definition) is 3. The van der Waals surface area contributed by atoms with Gasteiger partial charge in [0.15, 0.2) is 0 Å². The summed E-state index contributed by atoms with van der Waals surface area (Å²) in [5.74, 6) is -1.02. The van der Waals surface area contributed by atoms with Gasteiger partial charge in [0.2, 0.25) is 0 Å². The molecule has 0 radical (unpaired) electrons. The Kier molecular flexibility index (Phi) is 5.02. The Balaban J connectivity index is 2.50. The fraction of sp³-hybridized carbons (Fsp3) is 0.235. The maximum Gasteiger partial charge on any atom is 0.419 e. The third-order valence-electron chi connectivity index (χ3n) is 3.39. The van der Waals surface area contributed by atoms with Crippen LogP contribution in [0.2, 0.25) is 0 Å². The molecule has 2 rings (SSSR count). The summed E-state index contributed by atoms with van der Waals surface area (Å²) in [5, 5.41) is 9.01. The van der Waals surface area contributed by atoms with Gasteiger partial charge < -0.3 is 14.3 Å². The average Bonchev–Trinajstić information content (AvgIpc) is 2.99. The van der Waals surface area contributed by atoms with Gasteiger partial charge in [0, 0.05) is 5.57 Å². The minimum atomic E-state index is -4.56. The monoisotopic (exact) mass is 340 g/mol. The molecule has 128 valence electrons. The van der Waals surface area contributed by atoms with E-state index in [1.165, 1.54) is 30.3 Å². The molecule has 4 nitrogen and oxygen atoms in total. The number of ether oxygens (including phenoxy) is 1. The Morgan fingerprint density at radius 2 is 2.00 bits per heavy atom. The van der Waals surface area contributed by atoms with E-state index in [0.717, 1.165) is 13.2 Å². The number of halogens is 3. The van der Waals surface area contributed by atoms with E-state index in [2.05, 4.69) is 0 Å². The Morgan fingerprint density at radius 3 is 2.54 bits per heavy atom. The SMILES string of the molecule is CCC(=Cc1ccc(-c2cccc(C(F)(F)F)c2OC)o1)C(=O)O. The van der Waals surface area contributed by atoms with Crippen LogP contribution in [0.4, 0.5) is 13.2 Å². The van der Waals surface area contributed by atoms with Gasteiger partial charge in [-0.2, -0.15) is 13.2 Å². The second-order valence-corrected chi connectivity index (χ2v) is 4.91. The van der Waals surface area contributed by atoms with Crippen LogP contribution in [-0.4, -0.2) is 18.2 Å². The summed E-state index contributed by atoms with van der Waals surface area (Å²) < 4.78 is 49.6. The largest absolute Gasteiger partial charge is 0.495 e. The quantitative estimate of drug-likeness (QED) is 0.790. The van der Waals surface area contributed by atoms with Crippen molar-refractivity contribution in [3.8, 4) is 17.1 Å². The number of carboxylic acids is 1. The molecule has 0 unspecified atom stereocenters. The van der Waals surface area contributed by atoms with Gasteiger partial charge in [0.1, 0.15) is 17.3 Å². The van der Waals surface area contributed by atoms with Crippen molar-refractivity contribution in [1.82, 2.24) is 0 Å². The third-order valence-corrected chi connectivity index (χ3v) is 3.39. The van der Waals surface area contributed by atoms with E-state index in [4.69, 9.17) is 14.3 Å². The summed E-state index contributed by atoms with van der Waals surface area (Å²) in [4.78, 5) is 11.0. The van der Waals surface area contributed by atoms with Crippen LogP contribution < -0.4 is 4.74 Å². The van der Waals surface area contributed by atoms with E-state index < -0.39 is 17.7 Å². The number of rotatable bonds is 5. The predicted molar refractivity (Wildman–Crippen MR) is 81.6 cm³/mol. The number of methoxy groups -OCH3 is 1. The Bertz CT molecular complexity index is 772. The fourth-order valence-electron chi connectivity index (χ4n) is 2.24. The molecule has 1 aromatic carbocycles. The first-order valence-corrected chi connectivity index (χ1v) is 7.06. The van der Waals surface area contributed by atoms with Crippen molar-refractivity contribution >= 4 is 12.0 Å². The number of hydrogen-bond donors (Lipinski definition) is 1. The molecular weight excluding hydrogens is 325 g/mol. The lowest BCUT2D eigenvalue weighted by molar-refractivity contribution is -0.138. The molecule has 1 N–H and O–H groups in total. The molecule has 1 heterocycles. The van der Waals surface area contributed by atoms with Crippen molar-refractivity contribution < 1.29 is 32.2 Å². The van der Waals surface area contributed by atoms with E-state index in [1.54, 1.807) is 6.92 Å². The lowest BCUT2D eigenvalue weighted by Gasteiger charge is -2.14. The molecule has 0 fully saturated rings. The summed E-state index contributed by atoms with van der Waals surface area (Å²) in [6.07, 6.45) is -2.93. The number of carbonyl (C=O) groups is 1. The third kappa shape index (κ3) is 3.61. The number of carboxylic acid groups (broad SMARTS) is 1. The van der Waals surface area contributed by atoms with Crippen LogP contribution in [0, 0.1) is 0 Å². The van der Waals surface area contributed by atoms with Crippen LogP contribution >= 0.6 is 0 Å². The molecular formula is C17H15F3O4. The van der Waals surface area contributed by atoms with Crippen molar-refractivity contribution in [3.63, 3.8) is 0 Å². The summed E-state index contributed by atoms with van der Waals surface area (Å²) in [7, 11) is 1.15. The van der Waals surface area contributed by atoms with Gasteiger partial charge in [0.25, 0.3) is 0 Å². The van der Waals surface area contributed by atoms with Gasteiger partial charge in [-0.3, -0.25) is 0 Å². The highest BCUT2D eigenvalue weighted by molar-refractivity contribution is 5.91. The minimum Gasteiger partial charge on any atom is -0.495 e. The summed E-state index contributed by atoms with van der Waals surface area (Å²) in [6, 6.07) is 6.59. The van der Waals surface area contributed by atoms with Crippen molar-refractivity contribution in [2.75, 3.05) is 7.11 Å². The van der Waals surface area contributed by atoms with E-state index in [1.807, 2.05) is 0 Å². The minimum absolute atomic E-state index is 0.131. The first-order chi connectivity index (χ1) is 11.3.